The van der Waals surface area contributed by atoms with Crippen LogP contribution in [0, 0.1) is 18.3 Å². The third-order valence-corrected chi connectivity index (χ3v) is 12.5. The van der Waals surface area contributed by atoms with Crippen LogP contribution in [0.1, 0.15) is 55.6 Å². The van der Waals surface area contributed by atoms with Crippen LogP contribution in [-0.4, -0.2) is 53.9 Å². The SMILES string of the molecule is CCOC(=O)C(c1ccc(C)c2c1ccn2S(=O)(=O)C1(C)C=C(C)C=CC1)c1nc2cc(C#N)ccc2n1COCC[Si](C)(C)C. The maximum atomic E-state index is 14.3. The molecule has 0 spiro atoms. The fraction of sp³-hybridized carbons (Fsp3) is 0.400. The third-order valence-electron chi connectivity index (χ3n) is 8.55. The summed E-state index contributed by atoms with van der Waals surface area (Å²) in [6.45, 7) is 15.0. The maximum Gasteiger partial charge on any atom is 0.321 e. The van der Waals surface area contributed by atoms with E-state index >= 15 is 0 Å². The Balaban J connectivity index is 1.70. The Kier molecular flexibility index (Phi) is 9.19. The van der Waals surface area contributed by atoms with E-state index in [0.717, 1.165) is 22.7 Å². The molecule has 2 aromatic carbocycles. The van der Waals surface area contributed by atoms with Gasteiger partial charge in [-0.15, -0.1) is 0 Å². The molecule has 242 valence electrons. The predicted octanol–water partition coefficient (Wildman–Crippen LogP) is 7.02. The summed E-state index contributed by atoms with van der Waals surface area (Å²) in [6, 6.07) is 13.8. The first-order valence-electron chi connectivity index (χ1n) is 15.6. The number of hydrogen-bond donors (Lipinski definition) is 0. The summed E-state index contributed by atoms with van der Waals surface area (Å²) in [5.41, 5.74) is 4.46. The normalized spacial score (nSPS) is 17.7. The van der Waals surface area contributed by atoms with E-state index in [9.17, 15) is 18.5 Å². The third kappa shape index (κ3) is 6.21. The minimum Gasteiger partial charge on any atom is -0.465 e. The Morgan fingerprint density at radius 3 is 2.61 bits per heavy atom. The van der Waals surface area contributed by atoms with Crippen LogP contribution in [0.4, 0.5) is 0 Å². The molecule has 2 atom stereocenters. The Hall–Kier alpha value is -3.98. The molecule has 11 heteroatoms. The number of nitrogens with zero attached hydrogens (tertiary/aromatic N) is 4. The van der Waals surface area contributed by atoms with Crippen molar-refractivity contribution in [2.45, 2.75) is 77.2 Å². The standard InChI is InChI=1S/C35H42N4O5SSi/c1-8-44-34(40)31(33-37-29-20-26(22-36)12-14-30(29)38(33)23-43-18-19-46(5,6)7)27-13-11-25(3)32-28(27)15-17-39(32)45(41,42)35(4)16-9-10-24(2)21-35/h9-15,17,20-21,31H,8,16,18-19,23H2,1-7H3. The molecule has 0 fully saturated rings. The molecule has 5 rings (SSSR count). The number of allylic oxidation sites excluding steroid dienone is 3. The van der Waals surface area contributed by atoms with Crippen molar-refractivity contribution in [2.24, 2.45) is 0 Å². The van der Waals surface area contributed by atoms with Crippen LogP contribution >= 0.6 is 0 Å². The lowest BCUT2D eigenvalue weighted by Gasteiger charge is -2.29. The van der Waals surface area contributed by atoms with Gasteiger partial charge in [-0.05, 0) is 75.6 Å². The van der Waals surface area contributed by atoms with Gasteiger partial charge in [-0.2, -0.15) is 5.26 Å². The molecule has 0 radical (unpaired) electrons. The van der Waals surface area contributed by atoms with E-state index in [-0.39, 0.29) is 13.3 Å². The molecule has 0 amide bonds. The Labute approximate surface area is 272 Å². The zero-order chi connectivity index (χ0) is 33.4. The van der Waals surface area contributed by atoms with E-state index in [0.29, 0.717) is 46.4 Å². The molecule has 0 saturated carbocycles. The number of aromatic nitrogens is 3. The second-order valence-electron chi connectivity index (χ2n) is 13.4. The first-order chi connectivity index (χ1) is 21.7. The van der Waals surface area contributed by atoms with E-state index in [1.165, 1.54) is 3.97 Å². The van der Waals surface area contributed by atoms with Crippen LogP contribution in [0.2, 0.25) is 25.7 Å². The molecule has 0 aliphatic heterocycles. The molecule has 0 saturated heterocycles. The highest BCUT2D eigenvalue weighted by Crippen LogP contribution is 2.38. The lowest BCUT2D eigenvalue weighted by atomic mass is 9.93. The van der Waals surface area contributed by atoms with E-state index in [1.54, 1.807) is 44.3 Å². The van der Waals surface area contributed by atoms with E-state index < -0.39 is 34.7 Å². The minimum absolute atomic E-state index is 0.153. The summed E-state index contributed by atoms with van der Waals surface area (Å²) in [5, 5.41) is 10.2. The number of fused-ring (bicyclic) bond motifs is 2. The molecule has 4 aromatic rings. The van der Waals surface area contributed by atoms with Crippen molar-refractivity contribution in [3.8, 4) is 6.07 Å². The number of esters is 1. The number of ether oxygens (including phenoxy) is 2. The Bertz CT molecular complexity index is 2030. The smallest absolute Gasteiger partial charge is 0.321 e. The summed E-state index contributed by atoms with van der Waals surface area (Å²) < 4.78 is 42.4. The summed E-state index contributed by atoms with van der Waals surface area (Å²) >= 11 is 0. The Morgan fingerprint density at radius 1 is 1.17 bits per heavy atom. The molecule has 2 unspecified atom stereocenters. The van der Waals surface area contributed by atoms with Gasteiger partial charge < -0.3 is 14.0 Å². The van der Waals surface area contributed by atoms with E-state index in [2.05, 4.69) is 25.7 Å². The minimum atomic E-state index is -3.90. The number of benzene rings is 2. The van der Waals surface area contributed by atoms with Crippen LogP contribution in [-0.2, 0) is 31.0 Å². The van der Waals surface area contributed by atoms with Gasteiger partial charge in [0.25, 0.3) is 0 Å². The molecule has 9 nitrogen and oxygen atoms in total. The lowest BCUT2D eigenvalue weighted by Crippen LogP contribution is -2.38. The number of imidazole rings is 1. The van der Waals surface area contributed by atoms with Crippen molar-refractivity contribution in [1.82, 2.24) is 13.5 Å². The molecule has 46 heavy (non-hydrogen) atoms. The number of rotatable bonds is 11. The van der Waals surface area contributed by atoms with Gasteiger partial charge in [0.05, 0.1) is 34.8 Å². The second kappa shape index (κ2) is 12.7. The van der Waals surface area contributed by atoms with Gasteiger partial charge in [0.2, 0.25) is 10.0 Å². The van der Waals surface area contributed by atoms with Gasteiger partial charge >= 0.3 is 5.97 Å². The predicted molar refractivity (Wildman–Crippen MR) is 184 cm³/mol. The number of carbonyl (C=O) groups is 1. The molecule has 1 aliphatic rings. The van der Waals surface area contributed by atoms with Gasteiger partial charge in [-0.3, -0.25) is 4.79 Å². The molecule has 0 N–H and O–H groups in total. The zero-order valence-electron chi connectivity index (χ0n) is 27.6. The highest BCUT2D eigenvalue weighted by atomic mass is 32.2. The van der Waals surface area contributed by atoms with Crippen molar-refractivity contribution >= 4 is 46.0 Å². The summed E-state index contributed by atoms with van der Waals surface area (Å²) in [5.74, 6) is -1.10. The first kappa shape index (κ1) is 33.4. The fourth-order valence-corrected chi connectivity index (χ4v) is 8.60. The van der Waals surface area contributed by atoms with Gasteiger partial charge in [-0.1, -0.05) is 55.6 Å². The van der Waals surface area contributed by atoms with Crippen molar-refractivity contribution in [2.75, 3.05) is 13.2 Å². The van der Waals surface area contributed by atoms with Gasteiger partial charge in [0, 0.05) is 26.3 Å². The fourth-order valence-electron chi connectivity index (χ4n) is 6.05. The molecule has 0 bridgehead atoms. The summed E-state index contributed by atoms with van der Waals surface area (Å²) in [4.78, 5) is 18.8. The van der Waals surface area contributed by atoms with Crippen LogP contribution in [0.5, 0.6) is 0 Å². The van der Waals surface area contributed by atoms with Crippen molar-refractivity contribution in [3.05, 3.63) is 88.9 Å². The molecular weight excluding hydrogens is 617 g/mol. The molecule has 2 aromatic heterocycles. The quantitative estimate of drug-likeness (QED) is 0.0966. The largest absolute Gasteiger partial charge is 0.465 e. The van der Waals surface area contributed by atoms with Gasteiger partial charge in [0.1, 0.15) is 23.2 Å². The second-order valence-corrected chi connectivity index (χ2v) is 21.3. The average molecular weight is 659 g/mol. The highest BCUT2D eigenvalue weighted by Gasteiger charge is 2.40. The van der Waals surface area contributed by atoms with Crippen LogP contribution in [0.15, 0.2) is 66.4 Å². The van der Waals surface area contributed by atoms with E-state index in [4.69, 9.17) is 14.5 Å². The zero-order valence-corrected chi connectivity index (χ0v) is 29.4. The number of carbonyl (C=O) groups excluding carboxylic acids is 1. The average Bonchev–Trinajstić information content (AvgIpc) is 3.59. The van der Waals surface area contributed by atoms with Crippen molar-refractivity contribution < 1.29 is 22.7 Å². The van der Waals surface area contributed by atoms with Gasteiger partial charge in [-0.25, -0.2) is 17.4 Å². The maximum absolute atomic E-state index is 14.3. The first-order valence-corrected chi connectivity index (χ1v) is 20.7. The van der Waals surface area contributed by atoms with Crippen LogP contribution in [0.25, 0.3) is 21.9 Å². The number of nitriles is 1. The topological polar surface area (TPSA) is 116 Å². The number of aryl methyl sites for hydroxylation is 1. The highest BCUT2D eigenvalue weighted by molar-refractivity contribution is 7.91. The summed E-state index contributed by atoms with van der Waals surface area (Å²) in [7, 11) is -5.25. The Morgan fingerprint density at radius 2 is 1.93 bits per heavy atom. The van der Waals surface area contributed by atoms with Crippen LogP contribution in [0.3, 0.4) is 0 Å². The molecule has 1 aliphatic carbocycles. The van der Waals surface area contributed by atoms with Gasteiger partial charge in [0.15, 0.2) is 0 Å². The number of hydrogen-bond acceptors (Lipinski definition) is 7. The summed E-state index contributed by atoms with van der Waals surface area (Å²) in [6.07, 6.45) is 7.55. The van der Waals surface area contributed by atoms with Crippen molar-refractivity contribution in [1.29, 1.82) is 5.26 Å². The van der Waals surface area contributed by atoms with E-state index in [1.807, 2.05) is 48.8 Å². The van der Waals surface area contributed by atoms with Crippen LogP contribution < -0.4 is 0 Å². The monoisotopic (exact) mass is 658 g/mol. The lowest BCUT2D eigenvalue weighted by molar-refractivity contribution is -0.144. The molecular formula is C35H42N4O5SSi. The molecule has 2 heterocycles. The van der Waals surface area contributed by atoms with Crippen molar-refractivity contribution in [3.63, 3.8) is 0 Å².